The lowest BCUT2D eigenvalue weighted by Gasteiger charge is -2.37. The van der Waals surface area contributed by atoms with Gasteiger partial charge in [-0.3, -0.25) is 0 Å². The number of para-hydroxylation sites is 1. The van der Waals surface area contributed by atoms with E-state index < -0.39 is 11.2 Å². The van der Waals surface area contributed by atoms with E-state index in [1.807, 2.05) is 74.5 Å². The number of aromatic nitrogens is 3. The molecule has 2 aliphatic rings. The minimum absolute atomic E-state index is 0.102. The largest absolute Gasteiger partial charge is 0.427 e. The third-order valence-corrected chi connectivity index (χ3v) is 9.14. The average molecular weight is 604 g/mol. The van der Waals surface area contributed by atoms with Crippen molar-refractivity contribution in [3.63, 3.8) is 0 Å². The molecule has 0 amide bonds. The molecule has 2 atom stereocenters. The summed E-state index contributed by atoms with van der Waals surface area (Å²) in [6.07, 6.45) is 8.80. The van der Waals surface area contributed by atoms with Crippen LogP contribution in [-0.4, -0.2) is 44.8 Å². The van der Waals surface area contributed by atoms with E-state index in [2.05, 4.69) is 71.7 Å². The van der Waals surface area contributed by atoms with Gasteiger partial charge in [0.25, 0.3) is 0 Å². The Bertz CT molecular complexity index is 1880. The van der Waals surface area contributed by atoms with Gasteiger partial charge >= 0.3 is 7.48 Å². The number of hydrogen-bond donors (Lipinski definition) is 1. The Labute approximate surface area is 271 Å². The first kappa shape index (κ1) is 29.8. The molecule has 2 heterocycles. The van der Waals surface area contributed by atoms with E-state index in [0.29, 0.717) is 17.5 Å². The minimum Gasteiger partial charge on any atom is -0.427 e. The number of nitrogens with zero attached hydrogens (tertiary/aromatic N) is 4. The van der Waals surface area contributed by atoms with Crippen LogP contribution in [0.25, 0.3) is 34.2 Å². The van der Waals surface area contributed by atoms with E-state index in [4.69, 9.17) is 19.6 Å². The number of rotatable bonds is 8. The molecule has 7 heteroatoms. The van der Waals surface area contributed by atoms with Crippen molar-refractivity contribution in [2.75, 3.05) is 4.90 Å². The maximum absolute atomic E-state index is 10.7. The van der Waals surface area contributed by atoms with Crippen molar-refractivity contribution in [2.24, 2.45) is 0 Å². The summed E-state index contributed by atoms with van der Waals surface area (Å²) >= 11 is 0. The van der Waals surface area contributed by atoms with Crippen LogP contribution < -0.4 is 10.4 Å². The van der Waals surface area contributed by atoms with Crippen molar-refractivity contribution < 1.29 is 9.76 Å². The summed E-state index contributed by atoms with van der Waals surface area (Å²) in [6.45, 7) is 7.27. The predicted molar refractivity (Wildman–Crippen MR) is 186 cm³/mol. The molecule has 2 unspecified atom stereocenters. The SMILES string of the molecule is CC(C)(O)C(C)(C)O[B]c1ccc(N2c3ccccc3C3C=CC=CC32)c(-c2nc(-c3ccccc3)nc(-c3ccccc3)n2)c1. The zero-order valence-electron chi connectivity index (χ0n) is 26.5. The van der Waals surface area contributed by atoms with Crippen LogP contribution in [0.15, 0.2) is 127 Å². The van der Waals surface area contributed by atoms with Crippen LogP contribution in [0.3, 0.4) is 0 Å². The van der Waals surface area contributed by atoms with Crippen LogP contribution in [0.5, 0.6) is 0 Å². The molecule has 1 N–H and O–H groups in total. The fourth-order valence-electron chi connectivity index (χ4n) is 5.87. The van der Waals surface area contributed by atoms with Crippen molar-refractivity contribution in [1.29, 1.82) is 0 Å². The number of hydrogen-bond acceptors (Lipinski definition) is 6. The molecular formula is C39H36BN4O2. The highest BCUT2D eigenvalue weighted by atomic mass is 16.5. The number of benzene rings is 4. The second-order valence-corrected chi connectivity index (χ2v) is 12.8. The summed E-state index contributed by atoms with van der Waals surface area (Å²) in [5.74, 6) is 2.00. The smallest absolute Gasteiger partial charge is 0.330 e. The molecule has 0 fully saturated rings. The molecule has 227 valence electrons. The van der Waals surface area contributed by atoms with Crippen molar-refractivity contribution >= 4 is 24.3 Å². The fourth-order valence-corrected chi connectivity index (χ4v) is 5.87. The molecular weight excluding hydrogens is 567 g/mol. The summed E-state index contributed by atoms with van der Waals surface area (Å²) in [7, 11) is 1.71. The highest BCUT2D eigenvalue weighted by Crippen LogP contribution is 2.49. The number of aliphatic hydroxyl groups is 1. The first-order valence-corrected chi connectivity index (χ1v) is 15.7. The quantitative estimate of drug-likeness (QED) is 0.186. The van der Waals surface area contributed by atoms with E-state index in [9.17, 15) is 5.11 Å². The monoisotopic (exact) mass is 603 g/mol. The van der Waals surface area contributed by atoms with Gasteiger partial charge < -0.3 is 14.7 Å². The van der Waals surface area contributed by atoms with Gasteiger partial charge in [-0.1, -0.05) is 121 Å². The molecule has 1 aromatic heterocycles. The van der Waals surface area contributed by atoms with Gasteiger partial charge in [0.1, 0.15) is 0 Å². The molecule has 46 heavy (non-hydrogen) atoms. The Kier molecular flexibility index (Phi) is 7.67. The van der Waals surface area contributed by atoms with Crippen molar-refractivity contribution in [2.45, 2.75) is 50.9 Å². The molecule has 0 bridgehead atoms. The van der Waals surface area contributed by atoms with Gasteiger partial charge in [0.15, 0.2) is 17.5 Å². The van der Waals surface area contributed by atoms with Gasteiger partial charge in [0.05, 0.1) is 22.9 Å². The summed E-state index contributed by atoms with van der Waals surface area (Å²) < 4.78 is 6.20. The van der Waals surface area contributed by atoms with Gasteiger partial charge in [0.2, 0.25) is 0 Å². The third-order valence-electron chi connectivity index (χ3n) is 9.14. The van der Waals surface area contributed by atoms with Crippen molar-refractivity contribution in [1.82, 2.24) is 15.0 Å². The van der Waals surface area contributed by atoms with Crippen LogP contribution in [0.4, 0.5) is 11.4 Å². The van der Waals surface area contributed by atoms with Gasteiger partial charge in [0, 0.05) is 28.3 Å². The van der Waals surface area contributed by atoms with E-state index in [1.54, 1.807) is 21.3 Å². The van der Waals surface area contributed by atoms with Gasteiger partial charge in [-0.15, -0.1) is 0 Å². The average Bonchev–Trinajstić information content (AvgIpc) is 3.41. The van der Waals surface area contributed by atoms with Gasteiger partial charge in [-0.25, -0.2) is 15.0 Å². The van der Waals surface area contributed by atoms with E-state index >= 15 is 0 Å². The summed E-state index contributed by atoms with van der Waals surface area (Å²) in [4.78, 5) is 17.5. The lowest BCUT2D eigenvalue weighted by atomic mass is 9.81. The lowest BCUT2D eigenvalue weighted by molar-refractivity contribution is -0.0893. The second-order valence-electron chi connectivity index (χ2n) is 12.8. The first-order valence-electron chi connectivity index (χ1n) is 15.7. The predicted octanol–water partition coefficient (Wildman–Crippen LogP) is 7.41. The van der Waals surface area contributed by atoms with Crippen molar-refractivity contribution in [3.05, 3.63) is 133 Å². The molecule has 0 saturated carbocycles. The Balaban J connectivity index is 1.42. The highest BCUT2D eigenvalue weighted by Gasteiger charge is 2.39. The molecule has 6 nitrogen and oxygen atoms in total. The first-order chi connectivity index (χ1) is 22.2. The molecule has 0 saturated heterocycles. The zero-order valence-corrected chi connectivity index (χ0v) is 26.5. The normalized spacial score (nSPS) is 17.1. The second kappa shape index (κ2) is 11.8. The number of fused-ring (bicyclic) bond motifs is 3. The van der Waals surface area contributed by atoms with Crippen LogP contribution >= 0.6 is 0 Å². The highest BCUT2D eigenvalue weighted by molar-refractivity contribution is 6.47. The lowest BCUT2D eigenvalue weighted by Crippen LogP contribution is -2.49. The van der Waals surface area contributed by atoms with Gasteiger partial charge in [-0.05, 0) is 45.4 Å². The third kappa shape index (κ3) is 5.57. The summed E-state index contributed by atoms with van der Waals surface area (Å²) in [6, 6.07) is 35.0. The Morgan fingerprint density at radius 1 is 0.674 bits per heavy atom. The van der Waals surface area contributed by atoms with E-state index in [-0.39, 0.29) is 12.0 Å². The maximum Gasteiger partial charge on any atom is 0.330 e. The summed E-state index contributed by atoms with van der Waals surface area (Å²) in [5.41, 5.74) is 5.08. The Morgan fingerprint density at radius 2 is 1.26 bits per heavy atom. The molecule has 0 spiro atoms. The maximum atomic E-state index is 10.7. The molecule has 7 rings (SSSR count). The minimum atomic E-state index is -1.05. The van der Waals surface area contributed by atoms with E-state index in [1.165, 1.54) is 5.56 Å². The molecule has 1 aliphatic heterocycles. The Morgan fingerprint density at radius 3 is 1.91 bits per heavy atom. The van der Waals surface area contributed by atoms with Crippen LogP contribution in [0, 0.1) is 0 Å². The molecule has 1 aliphatic carbocycles. The standard InChI is InChI=1S/C39H36BN4O2/c1-38(2,45)39(3,4)46-40-28-23-24-34(44-32-21-13-11-19-29(32)30-20-12-14-22-33(30)44)31(25-28)37-42-35(26-15-7-5-8-16-26)41-36(43-37)27-17-9-6-10-18-27/h5-25,29,32,45H,1-4H3. The van der Waals surface area contributed by atoms with Crippen LogP contribution in [-0.2, 0) is 4.65 Å². The molecule has 4 aromatic carbocycles. The number of anilines is 2. The fraction of sp³-hybridized carbons (Fsp3) is 0.205. The Hall–Kier alpha value is -4.85. The zero-order chi connectivity index (χ0) is 31.9. The van der Waals surface area contributed by atoms with Crippen LogP contribution in [0.2, 0.25) is 0 Å². The summed E-state index contributed by atoms with van der Waals surface area (Å²) in [5, 5.41) is 10.7. The van der Waals surface area contributed by atoms with Crippen LogP contribution in [0.1, 0.15) is 39.2 Å². The van der Waals surface area contributed by atoms with E-state index in [0.717, 1.165) is 33.5 Å². The van der Waals surface area contributed by atoms with Crippen molar-refractivity contribution in [3.8, 4) is 34.2 Å². The molecule has 5 aromatic rings. The van der Waals surface area contributed by atoms with Gasteiger partial charge in [-0.2, -0.15) is 0 Å². The topological polar surface area (TPSA) is 71.4 Å². The number of allylic oxidation sites excluding steroid dienone is 2. The molecule has 1 radical (unpaired) electrons.